The molecule has 0 N–H and O–H groups in total. The van der Waals surface area contributed by atoms with Crippen LogP contribution in [0.25, 0.3) is 0 Å². The predicted octanol–water partition coefficient (Wildman–Crippen LogP) is 4.60. The molecule has 2 aromatic carbocycles. The van der Waals surface area contributed by atoms with Crippen molar-refractivity contribution >= 4 is 29.5 Å². The monoisotopic (exact) mass is 266 g/mol. The first kappa shape index (κ1) is 12.0. The van der Waals surface area contributed by atoms with E-state index in [-0.39, 0.29) is 0 Å². The summed E-state index contributed by atoms with van der Waals surface area (Å²) in [5, 5.41) is 0.970. The van der Waals surface area contributed by atoms with Gasteiger partial charge in [0.05, 0.1) is 10.6 Å². The summed E-state index contributed by atoms with van der Waals surface area (Å²) in [6, 6.07) is 11.9. The fraction of sp³-hybridized carbons (Fsp3) is 0. The summed E-state index contributed by atoms with van der Waals surface area (Å²) in [6.07, 6.45) is 0.693. The molecule has 17 heavy (non-hydrogen) atoms. The number of benzene rings is 2. The molecule has 0 spiro atoms. The minimum Gasteiger partial charge on any atom is -0.455 e. The number of carbonyl (C=O) groups is 1. The molecule has 0 aliphatic carbocycles. The quantitative estimate of drug-likeness (QED) is 0.760. The van der Waals surface area contributed by atoms with E-state index in [1.54, 1.807) is 42.5 Å². The van der Waals surface area contributed by atoms with Gasteiger partial charge in [0.15, 0.2) is 6.29 Å². The molecular formula is C13H8Cl2O2. The Morgan fingerprint density at radius 2 is 1.76 bits per heavy atom. The van der Waals surface area contributed by atoms with Crippen molar-refractivity contribution in [2.75, 3.05) is 0 Å². The molecule has 4 heteroatoms. The second-order valence-electron chi connectivity index (χ2n) is 3.33. The van der Waals surface area contributed by atoms with E-state index in [2.05, 4.69) is 0 Å². The summed E-state index contributed by atoms with van der Waals surface area (Å²) < 4.78 is 5.56. The molecule has 0 atom stereocenters. The highest BCUT2D eigenvalue weighted by Crippen LogP contribution is 2.31. The lowest BCUT2D eigenvalue weighted by Gasteiger charge is -2.09. The van der Waals surface area contributed by atoms with E-state index < -0.39 is 0 Å². The summed E-state index contributed by atoms with van der Waals surface area (Å²) >= 11 is 11.8. The van der Waals surface area contributed by atoms with Crippen molar-refractivity contribution in [3.8, 4) is 11.5 Å². The number of aldehydes is 1. The van der Waals surface area contributed by atoms with Gasteiger partial charge in [0.2, 0.25) is 0 Å². The summed E-state index contributed by atoms with van der Waals surface area (Å²) in [5.74, 6) is 0.928. The van der Waals surface area contributed by atoms with Crippen LogP contribution in [0.15, 0.2) is 42.5 Å². The maximum atomic E-state index is 10.9. The Labute approximate surface area is 109 Å². The maximum Gasteiger partial charge on any atom is 0.153 e. The lowest BCUT2D eigenvalue weighted by atomic mass is 10.2. The molecule has 0 radical (unpaired) electrons. The predicted molar refractivity (Wildman–Crippen MR) is 68.4 cm³/mol. The number of halogens is 2. The van der Waals surface area contributed by atoms with E-state index in [9.17, 15) is 4.79 Å². The van der Waals surface area contributed by atoms with Gasteiger partial charge < -0.3 is 4.74 Å². The zero-order valence-electron chi connectivity index (χ0n) is 8.69. The average molecular weight is 267 g/mol. The van der Waals surface area contributed by atoms with E-state index in [0.29, 0.717) is 33.4 Å². The van der Waals surface area contributed by atoms with Gasteiger partial charge in [0.25, 0.3) is 0 Å². The van der Waals surface area contributed by atoms with Crippen molar-refractivity contribution in [2.45, 2.75) is 0 Å². The minimum absolute atomic E-state index is 0.386. The Morgan fingerprint density at radius 1 is 1.00 bits per heavy atom. The van der Waals surface area contributed by atoms with Gasteiger partial charge >= 0.3 is 0 Å². The number of hydrogen-bond donors (Lipinski definition) is 0. The zero-order chi connectivity index (χ0) is 12.3. The highest BCUT2D eigenvalue weighted by atomic mass is 35.5. The van der Waals surface area contributed by atoms with Crippen LogP contribution in [0, 0.1) is 0 Å². The van der Waals surface area contributed by atoms with Gasteiger partial charge in [-0.2, -0.15) is 0 Å². The van der Waals surface area contributed by atoms with E-state index in [4.69, 9.17) is 27.9 Å². The molecule has 0 aliphatic rings. The average Bonchev–Trinajstić information content (AvgIpc) is 2.34. The second kappa shape index (κ2) is 5.21. The largest absolute Gasteiger partial charge is 0.455 e. The van der Waals surface area contributed by atoms with E-state index in [1.807, 2.05) is 0 Å². The van der Waals surface area contributed by atoms with Crippen LogP contribution >= 0.6 is 23.2 Å². The van der Waals surface area contributed by atoms with Crippen LogP contribution in [0.5, 0.6) is 11.5 Å². The second-order valence-corrected chi connectivity index (χ2v) is 4.18. The van der Waals surface area contributed by atoms with Gasteiger partial charge in [0.1, 0.15) is 11.5 Å². The zero-order valence-corrected chi connectivity index (χ0v) is 10.2. The summed E-state index contributed by atoms with van der Waals surface area (Å²) in [7, 11) is 0. The Kier molecular flexibility index (Phi) is 3.67. The van der Waals surface area contributed by atoms with E-state index in [0.717, 1.165) is 0 Å². The van der Waals surface area contributed by atoms with Crippen LogP contribution in [0.1, 0.15) is 10.4 Å². The van der Waals surface area contributed by atoms with E-state index in [1.165, 1.54) is 0 Å². The molecule has 0 aliphatic heterocycles. The minimum atomic E-state index is 0.386. The molecular weight excluding hydrogens is 259 g/mol. The van der Waals surface area contributed by atoms with Gasteiger partial charge in [-0.15, -0.1) is 0 Å². The summed E-state index contributed by atoms with van der Waals surface area (Å²) in [6.45, 7) is 0. The number of hydrogen-bond acceptors (Lipinski definition) is 2. The first-order valence-electron chi connectivity index (χ1n) is 4.88. The SMILES string of the molecule is O=Cc1cc(Cl)ccc1Oc1ccccc1Cl. The van der Waals surface area contributed by atoms with Crippen LogP contribution < -0.4 is 4.74 Å². The van der Waals surface area contributed by atoms with Crippen LogP contribution in [0.3, 0.4) is 0 Å². The number of carbonyl (C=O) groups excluding carboxylic acids is 1. The fourth-order valence-corrected chi connectivity index (χ4v) is 1.71. The van der Waals surface area contributed by atoms with Crippen molar-refractivity contribution in [3.05, 3.63) is 58.1 Å². The van der Waals surface area contributed by atoms with Gasteiger partial charge in [-0.05, 0) is 30.3 Å². The van der Waals surface area contributed by atoms with Crippen LogP contribution in [0.4, 0.5) is 0 Å². The third-order valence-corrected chi connectivity index (χ3v) is 2.70. The van der Waals surface area contributed by atoms with Gasteiger partial charge in [-0.3, -0.25) is 4.79 Å². The highest BCUT2D eigenvalue weighted by Gasteiger charge is 2.07. The first-order chi connectivity index (χ1) is 8.20. The van der Waals surface area contributed by atoms with Crippen molar-refractivity contribution in [1.82, 2.24) is 0 Å². The fourth-order valence-electron chi connectivity index (χ4n) is 1.35. The maximum absolute atomic E-state index is 10.9. The van der Waals surface area contributed by atoms with Crippen molar-refractivity contribution in [2.24, 2.45) is 0 Å². The molecule has 0 saturated heterocycles. The van der Waals surface area contributed by atoms with E-state index >= 15 is 0 Å². The molecule has 2 aromatic rings. The lowest BCUT2D eigenvalue weighted by molar-refractivity contribution is 0.112. The standard InChI is InChI=1S/C13H8Cl2O2/c14-10-5-6-12(9(7-10)8-16)17-13-4-2-1-3-11(13)15/h1-8H. The summed E-state index contributed by atoms with van der Waals surface area (Å²) in [4.78, 5) is 10.9. The molecule has 0 saturated carbocycles. The topological polar surface area (TPSA) is 26.3 Å². The Hall–Kier alpha value is -1.51. The van der Waals surface area contributed by atoms with Crippen LogP contribution in [0.2, 0.25) is 10.0 Å². The molecule has 0 aromatic heterocycles. The van der Waals surface area contributed by atoms with Crippen LogP contribution in [-0.2, 0) is 0 Å². The van der Waals surface area contributed by atoms with Crippen LogP contribution in [-0.4, -0.2) is 6.29 Å². The normalized spacial score (nSPS) is 10.0. The summed E-state index contributed by atoms with van der Waals surface area (Å²) in [5.41, 5.74) is 0.386. The third-order valence-electron chi connectivity index (χ3n) is 2.16. The number of para-hydroxylation sites is 1. The first-order valence-corrected chi connectivity index (χ1v) is 5.63. The molecule has 2 rings (SSSR count). The van der Waals surface area contributed by atoms with Crippen molar-refractivity contribution in [1.29, 1.82) is 0 Å². The third kappa shape index (κ3) is 2.78. The van der Waals surface area contributed by atoms with Crippen molar-refractivity contribution in [3.63, 3.8) is 0 Å². The molecule has 0 bridgehead atoms. The molecule has 0 heterocycles. The Morgan fingerprint density at radius 3 is 2.47 bits per heavy atom. The number of ether oxygens (including phenoxy) is 1. The van der Waals surface area contributed by atoms with Crippen molar-refractivity contribution < 1.29 is 9.53 Å². The van der Waals surface area contributed by atoms with Gasteiger partial charge in [0, 0.05) is 5.02 Å². The smallest absolute Gasteiger partial charge is 0.153 e. The molecule has 0 fully saturated rings. The molecule has 86 valence electrons. The Balaban J connectivity index is 2.36. The molecule has 0 amide bonds. The highest BCUT2D eigenvalue weighted by molar-refractivity contribution is 6.32. The molecule has 0 unspecified atom stereocenters. The Bertz CT molecular complexity index is 553. The van der Waals surface area contributed by atoms with Gasteiger partial charge in [-0.1, -0.05) is 35.3 Å². The molecule has 2 nitrogen and oxygen atoms in total. The number of rotatable bonds is 3. The van der Waals surface area contributed by atoms with Gasteiger partial charge in [-0.25, -0.2) is 0 Å². The lowest BCUT2D eigenvalue weighted by Crippen LogP contribution is -1.90.